The Kier molecular flexibility index (Phi) is 3.99. The molecule has 82 valence electrons. The molecule has 6 heteroatoms. The van der Waals surface area contributed by atoms with Crippen molar-refractivity contribution in [3.05, 3.63) is 18.2 Å². The summed E-state index contributed by atoms with van der Waals surface area (Å²) < 4.78 is 0. The number of carbonyl (C=O) groups excluding carboxylic acids is 2. The maximum absolute atomic E-state index is 11.2. The van der Waals surface area contributed by atoms with Crippen LogP contribution in [0.1, 0.15) is 12.6 Å². The van der Waals surface area contributed by atoms with Gasteiger partial charge in [-0.05, 0) is 6.92 Å². The van der Waals surface area contributed by atoms with Crippen LogP contribution in [0.3, 0.4) is 0 Å². The Balaban J connectivity index is 2.50. The van der Waals surface area contributed by atoms with Gasteiger partial charge in [-0.15, -0.1) is 0 Å². The summed E-state index contributed by atoms with van der Waals surface area (Å²) in [7, 11) is 0. The highest BCUT2D eigenvalue weighted by Gasteiger charge is 2.14. The highest BCUT2D eigenvalue weighted by molar-refractivity contribution is 5.83. The van der Waals surface area contributed by atoms with E-state index >= 15 is 0 Å². The number of nitrogens with zero attached hydrogens (tertiary/aromatic N) is 1. The predicted molar refractivity (Wildman–Crippen MR) is 53.9 cm³/mol. The minimum atomic E-state index is -0.616. The highest BCUT2D eigenvalue weighted by Crippen LogP contribution is 1.96. The van der Waals surface area contributed by atoms with Gasteiger partial charge in [0.25, 0.3) is 0 Å². The van der Waals surface area contributed by atoms with Crippen LogP contribution in [0.15, 0.2) is 12.5 Å². The maximum Gasteiger partial charge on any atom is 0.237 e. The van der Waals surface area contributed by atoms with E-state index in [2.05, 4.69) is 15.3 Å². The summed E-state index contributed by atoms with van der Waals surface area (Å²) in [4.78, 5) is 28.6. The SMILES string of the molecule is C[C@H](N)C(=O)N[C@H](C=O)Cc1cnc[nH]1. The lowest BCUT2D eigenvalue weighted by Gasteiger charge is -2.13. The second-order valence-electron chi connectivity index (χ2n) is 3.32. The van der Waals surface area contributed by atoms with Crippen LogP contribution in [0.2, 0.25) is 0 Å². The number of nitrogens with one attached hydrogen (secondary N) is 2. The standard InChI is InChI=1S/C9H14N4O2/c1-6(10)9(15)13-8(4-14)2-7-3-11-5-12-7/h3-6,8H,2,10H2,1H3,(H,11,12)(H,13,15)/t6-,8-/m0/s1. The maximum atomic E-state index is 11.2. The number of H-pyrrole nitrogens is 1. The van der Waals surface area contributed by atoms with E-state index in [-0.39, 0.29) is 5.91 Å². The van der Waals surface area contributed by atoms with Gasteiger partial charge in [0.1, 0.15) is 6.29 Å². The van der Waals surface area contributed by atoms with Crippen LogP contribution in [0.4, 0.5) is 0 Å². The minimum Gasteiger partial charge on any atom is -0.348 e. The summed E-state index contributed by atoms with van der Waals surface area (Å²) >= 11 is 0. The van der Waals surface area contributed by atoms with Gasteiger partial charge in [0.15, 0.2) is 0 Å². The van der Waals surface area contributed by atoms with E-state index in [0.717, 1.165) is 5.69 Å². The van der Waals surface area contributed by atoms with Crippen molar-refractivity contribution in [2.75, 3.05) is 0 Å². The van der Waals surface area contributed by atoms with E-state index < -0.39 is 12.1 Å². The Morgan fingerprint density at radius 2 is 2.53 bits per heavy atom. The van der Waals surface area contributed by atoms with Crippen molar-refractivity contribution in [1.29, 1.82) is 0 Å². The Labute approximate surface area is 87.3 Å². The molecule has 0 aliphatic carbocycles. The lowest BCUT2D eigenvalue weighted by Crippen LogP contribution is -2.45. The zero-order chi connectivity index (χ0) is 11.3. The van der Waals surface area contributed by atoms with E-state index in [4.69, 9.17) is 5.73 Å². The number of hydrogen-bond acceptors (Lipinski definition) is 4. The van der Waals surface area contributed by atoms with E-state index in [1.165, 1.54) is 6.33 Å². The predicted octanol–water partition coefficient (Wildman–Crippen LogP) is -1.02. The fourth-order valence-corrected chi connectivity index (χ4v) is 1.08. The molecule has 0 aliphatic heterocycles. The minimum absolute atomic E-state index is 0.341. The van der Waals surface area contributed by atoms with Crippen molar-refractivity contribution in [3.8, 4) is 0 Å². The van der Waals surface area contributed by atoms with E-state index in [1.807, 2.05) is 0 Å². The normalized spacial score (nSPS) is 14.3. The van der Waals surface area contributed by atoms with Crippen molar-refractivity contribution < 1.29 is 9.59 Å². The number of nitrogens with two attached hydrogens (primary N) is 1. The molecule has 0 saturated carbocycles. The molecule has 0 aromatic carbocycles. The summed E-state index contributed by atoms with van der Waals surface area (Å²) in [5.41, 5.74) is 6.15. The molecule has 15 heavy (non-hydrogen) atoms. The first kappa shape index (κ1) is 11.4. The molecular weight excluding hydrogens is 196 g/mol. The molecule has 0 fully saturated rings. The topological polar surface area (TPSA) is 101 Å². The van der Waals surface area contributed by atoms with Crippen molar-refractivity contribution in [2.24, 2.45) is 5.73 Å². The van der Waals surface area contributed by atoms with Crippen LogP contribution in [-0.2, 0) is 16.0 Å². The van der Waals surface area contributed by atoms with Gasteiger partial charge in [-0.1, -0.05) is 0 Å². The van der Waals surface area contributed by atoms with Crippen molar-refractivity contribution in [1.82, 2.24) is 15.3 Å². The van der Waals surface area contributed by atoms with Gasteiger partial charge in [-0.3, -0.25) is 4.79 Å². The third kappa shape index (κ3) is 3.51. The average Bonchev–Trinajstić information content (AvgIpc) is 2.69. The first-order valence-electron chi connectivity index (χ1n) is 4.62. The third-order valence-corrected chi connectivity index (χ3v) is 1.90. The molecule has 1 aromatic heterocycles. The molecule has 0 unspecified atom stereocenters. The molecule has 0 aliphatic rings. The van der Waals surface area contributed by atoms with Gasteiger partial charge in [0.2, 0.25) is 5.91 Å². The number of imidazole rings is 1. The second kappa shape index (κ2) is 5.26. The molecule has 1 aromatic rings. The molecule has 1 amide bonds. The van der Waals surface area contributed by atoms with Gasteiger partial charge in [-0.2, -0.15) is 0 Å². The lowest BCUT2D eigenvalue weighted by atomic mass is 10.2. The molecule has 0 spiro atoms. The van der Waals surface area contributed by atoms with E-state index in [0.29, 0.717) is 12.7 Å². The molecule has 1 heterocycles. The van der Waals surface area contributed by atoms with E-state index in [9.17, 15) is 9.59 Å². The quantitative estimate of drug-likeness (QED) is 0.541. The number of aromatic nitrogens is 2. The smallest absolute Gasteiger partial charge is 0.237 e. The summed E-state index contributed by atoms with van der Waals surface area (Å²) in [6.45, 7) is 1.56. The second-order valence-corrected chi connectivity index (χ2v) is 3.32. The van der Waals surface area contributed by atoms with Crippen LogP contribution < -0.4 is 11.1 Å². The Bertz CT molecular complexity index is 321. The van der Waals surface area contributed by atoms with Crippen molar-refractivity contribution in [2.45, 2.75) is 25.4 Å². The molecule has 0 saturated heterocycles. The number of hydrogen-bond donors (Lipinski definition) is 3. The van der Waals surface area contributed by atoms with Gasteiger partial charge < -0.3 is 20.8 Å². The Morgan fingerprint density at radius 3 is 3.00 bits per heavy atom. The lowest BCUT2D eigenvalue weighted by molar-refractivity contribution is -0.124. The fraction of sp³-hybridized carbons (Fsp3) is 0.444. The van der Waals surface area contributed by atoms with Crippen molar-refractivity contribution in [3.63, 3.8) is 0 Å². The monoisotopic (exact) mass is 210 g/mol. The largest absolute Gasteiger partial charge is 0.348 e. The Morgan fingerprint density at radius 1 is 1.80 bits per heavy atom. The number of rotatable bonds is 5. The van der Waals surface area contributed by atoms with E-state index in [1.54, 1.807) is 13.1 Å². The summed E-state index contributed by atoms with van der Waals surface area (Å²) in [6, 6.07) is -1.18. The van der Waals surface area contributed by atoms with Gasteiger partial charge in [0.05, 0.1) is 18.4 Å². The summed E-state index contributed by atoms with van der Waals surface area (Å²) in [5.74, 6) is -0.341. The molecule has 6 nitrogen and oxygen atoms in total. The first-order valence-corrected chi connectivity index (χ1v) is 4.62. The van der Waals surface area contributed by atoms with Gasteiger partial charge >= 0.3 is 0 Å². The van der Waals surface area contributed by atoms with Crippen molar-refractivity contribution >= 4 is 12.2 Å². The third-order valence-electron chi connectivity index (χ3n) is 1.90. The highest BCUT2D eigenvalue weighted by atomic mass is 16.2. The molecular formula is C9H14N4O2. The number of amides is 1. The molecule has 0 radical (unpaired) electrons. The van der Waals surface area contributed by atoms with Crippen LogP contribution in [0.25, 0.3) is 0 Å². The summed E-state index contributed by atoms with van der Waals surface area (Å²) in [6.07, 6.45) is 4.20. The van der Waals surface area contributed by atoms with Crippen LogP contribution in [0, 0.1) is 0 Å². The zero-order valence-electron chi connectivity index (χ0n) is 8.43. The molecule has 4 N–H and O–H groups in total. The first-order chi connectivity index (χ1) is 7.13. The molecule has 2 atom stereocenters. The molecule has 0 bridgehead atoms. The van der Waals surface area contributed by atoms with Crippen LogP contribution in [-0.4, -0.2) is 34.2 Å². The number of aromatic amines is 1. The number of carbonyl (C=O) groups is 2. The fourth-order valence-electron chi connectivity index (χ4n) is 1.08. The summed E-state index contributed by atoms with van der Waals surface area (Å²) in [5, 5.41) is 2.52. The van der Waals surface area contributed by atoms with Gasteiger partial charge in [0, 0.05) is 18.3 Å². The van der Waals surface area contributed by atoms with Gasteiger partial charge in [-0.25, -0.2) is 4.98 Å². The average molecular weight is 210 g/mol. The Hall–Kier alpha value is -1.69. The van der Waals surface area contributed by atoms with Crippen LogP contribution >= 0.6 is 0 Å². The molecule has 1 rings (SSSR count). The van der Waals surface area contributed by atoms with Crippen LogP contribution in [0.5, 0.6) is 0 Å². The zero-order valence-corrected chi connectivity index (χ0v) is 8.43. The number of aldehydes is 1.